The smallest absolute Gasteiger partial charge is 0.0952 e. The molecule has 1 N–H and O–H groups in total. The van der Waals surface area contributed by atoms with E-state index in [1.54, 1.807) is 0 Å². The van der Waals surface area contributed by atoms with E-state index >= 15 is 0 Å². The molecule has 3 heteroatoms. The maximum atomic E-state index is 7.00. The Kier molecular flexibility index (Phi) is 6.62. The molecule has 0 atom stereocenters. The predicted octanol–water partition coefficient (Wildman–Crippen LogP) is 2.14. The topological polar surface area (TPSA) is 38.7 Å². The first-order valence-corrected chi connectivity index (χ1v) is 4.02. The molecule has 0 aliphatic heterocycles. The summed E-state index contributed by atoms with van der Waals surface area (Å²) < 4.78 is 0. The Morgan fingerprint density at radius 1 is 0.667 bits per heavy atom. The van der Waals surface area contributed by atoms with Gasteiger partial charge >= 0.3 is 0 Å². The van der Waals surface area contributed by atoms with Crippen molar-refractivity contribution in [1.82, 2.24) is 0 Å². The Balaban J connectivity index is 0. The third-order valence-corrected chi connectivity index (χ3v) is 0.542. The minimum absolute atomic E-state index is 0.215. The summed E-state index contributed by atoms with van der Waals surface area (Å²) in [6, 6.07) is 0. The van der Waals surface area contributed by atoms with Crippen molar-refractivity contribution >= 4 is 0 Å². The molecule has 0 bridgehead atoms. The Hall–Kier alpha value is -0.120. The first kappa shape index (κ1) is 14.4. The van der Waals surface area contributed by atoms with E-state index in [0.29, 0.717) is 0 Å². The van der Waals surface area contributed by atoms with Gasteiger partial charge in [0.15, 0.2) is 0 Å². The van der Waals surface area contributed by atoms with Gasteiger partial charge in [-0.2, -0.15) is 0 Å². The van der Waals surface area contributed by atoms with Crippen LogP contribution in [-0.4, -0.2) is 23.4 Å². The summed E-state index contributed by atoms with van der Waals surface area (Å²) in [7, 11) is 1.00. The van der Waals surface area contributed by atoms with Crippen LogP contribution in [-0.2, 0) is 9.78 Å². The Bertz CT molecular complexity index is 83.3. The summed E-state index contributed by atoms with van der Waals surface area (Å²) in [4.78, 5) is 10.2. The van der Waals surface area contributed by atoms with Crippen LogP contribution >= 0.6 is 0 Å². The second-order valence-corrected chi connectivity index (χ2v) is 4.39. The SMILES string of the molecule is CC(C)(C)OOC(C)(C)C.CO. The second-order valence-electron chi connectivity index (χ2n) is 4.39. The van der Waals surface area contributed by atoms with Crippen molar-refractivity contribution in [3.05, 3.63) is 0 Å². The zero-order valence-corrected chi connectivity index (χ0v) is 9.26. The maximum Gasteiger partial charge on any atom is 0.0952 e. The van der Waals surface area contributed by atoms with E-state index in [0.717, 1.165) is 7.11 Å². The lowest BCUT2D eigenvalue weighted by Crippen LogP contribution is -2.27. The Labute approximate surface area is 75.6 Å². The number of aliphatic hydroxyl groups is 1. The summed E-state index contributed by atoms with van der Waals surface area (Å²) >= 11 is 0. The average molecular weight is 178 g/mol. The van der Waals surface area contributed by atoms with Gasteiger partial charge in [-0.25, -0.2) is 9.78 Å². The zero-order chi connectivity index (χ0) is 10.4. The van der Waals surface area contributed by atoms with Gasteiger partial charge < -0.3 is 5.11 Å². The molecular formula is C9H22O3. The third kappa shape index (κ3) is 16.5. The van der Waals surface area contributed by atoms with Crippen molar-refractivity contribution in [2.24, 2.45) is 0 Å². The van der Waals surface area contributed by atoms with Gasteiger partial charge in [0, 0.05) is 7.11 Å². The summed E-state index contributed by atoms with van der Waals surface area (Å²) in [5.41, 5.74) is -0.430. The van der Waals surface area contributed by atoms with Crippen molar-refractivity contribution < 1.29 is 14.9 Å². The zero-order valence-electron chi connectivity index (χ0n) is 9.26. The van der Waals surface area contributed by atoms with Crippen molar-refractivity contribution in [2.75, 3.05) is 7.11 Å². The summed E-state index contributed by atoms with van der Waals surface area (Å²) in [5.74, 6) is 0. The van der Waals surface area contributed by atoms with Gasteiger partial charge in [-0.15, -0.1) is 0 Å². The van der Waals surface area contributed by atoms with Crippen LogP contribution in [0.5, 0.6) is 0 Å². The van der Waals surface area contributed by atoms with Gasteiger partial charge in [-0.05, 0) is 41.5 Å². The molecule has 76 valence electrons. The lowest BCUT2D eigenvalue weighted by Gasteiger charge is -2.24. The number of hydrogen-bond acceptors (Lipinski definition) is 3. The van der Waals surface area contributed by atoms with Gasteiger partial charge in [0.1, 0.15) is 0 Å². The minimum Gasteiger partial charge on any atom is -0.400 e. The molecule has 0 saturated carbocycles. The fraction of sp³-hybridized carbons (Fsp3) is 1.00. The van der Waals surface area contributed by atoms with E-state index in [1.807, 2.05) is 41.5 Å². The third-order valence-electron chi connectivity index (χ3n) is 0.542. The molecule has 0 aromatic rings. The molecule has 0 radical (unpaired) electrons. The lowest BCUT2D eigenvalue weighted by molar-refractivity contribution is -0.393. The van der Waals surface area contributed by atoms with Crippen LogP contribution in [0.2, 0.25) is 0 Å². The van der Waals surface area contributed by atoms with Crippen LogP contribution in [0.25, 0.3) is 0 Å². The van der Waals surface area contributed by atoms with Gasteiger partial charge in [0.2, 0.25) is 0 Å². The van der Waals surface area contributed by atoms with E-state index in [-0.39, 0.29) is 11.2 Å². The quantitative estimate of drug-likeness (QED) is 0.494. The van der Waals surface area contributed by atoms with Gasteiger partial charge in [0.05, 0.1) is 11.2 Å². The van der Waals surface area contributed by atoms with Crippen molar-refractivity contribution in [3.63, 3.8) is 0 Å². The predicted molar refractivity (Wildman–Crippen MR) is 49.8 cm³/mol. The van der Waals surface area contributed by atoms with Gasteiger partial charge in [0.25, 0.3) is 0 Å². The standard InChI is InChI=1S/C8H18O2.CH4O/c1-7(2,3)9-10-8(4,5)6;1-2/h1-6H3;2H,1H3. The number of aliphatic hydroxyl groups excluding tert-OH is 1. The summed E-state index contributed by atoms with van der Waals surface area (Å²) in [6.45, 7) is 11.7. The highest BCUT2D eigenvalue weighted by Gasteiger charge is 2.18. The van der Waals surface area contributed by atoms with Crippen LogP contribution in [0.15, 0.2) is 0 Å². The molecule has 12 heavy (non-hydrogen) atoms. The molecule has 0 aliphatic carbocycles. The highest BCUT2D eigenvalue weighted by Crippen LogP contribution is 2.14. The first-order chi connectivity index (χ1) is 5.21. The van der Waals surface area contributed by atoms with Crippen molar-refractivity contribution in [1.29, 1.82) is 0 Å². The summed E-state index contributed by atoms with van der Waals surface area (Å²) in [5, 5.41) is 7.00. The average Bonchev–Trinajstić information content (AvgIpc) is 1.86. The van der Waals surface area contributed by atoms with E-state index in [2.05, 4.69) is 0 Å². The largest absolute Gasteiger partial charge is 0.400 e. The highest BCUT2D eigenvalue weighted by molar-refractivity contribution is 4.58. The fourth-order valence-electron chi connectivity index (χ4n) is 0.250. The molecule has 0 spiro atoms. The normalized spacial score (nSPS) is 12.0. The number of rotatable bonds is 1. The van der Waals surface area contributed by atoms with Gasteiger partial charge in [-0.3, -0.25) is 0 Å². The van der Waals surface area contributed by atoms with Crippen LogP contribution in [0.3, 0.4) is 0 Å². The molecule has 0 fully saturated rings. The Morgan fingerprint density at radius 2 is 0.833 bits per heavy atom. The summed E-state index contributed by atoms with van der Waals surface area (Å²) in [6.07, 6.45) is 0. The number of hydrogen-bond donors (Lipinski definition) is 1. The molecule has 0 aromatic carbocycles. The molecule has 0 amide bonds. The van der Waals surface area contributed by atoms with Gasteiger partial charge in [-0.1, -0.05) is 0 Å². The van der Waals surface area contributed by atoms with Crippen LogP contribution in [0, 0.1) is 0 Å². The molecule has 0 heterocycles. The molecular weight excluding hydrogens is 156 g/mol. The van der Waals surface area contributed by atoms with Crippen molar-refractivity contribution in [2.45, 2.75) is 52.7 Å². The monoisotopic (exact) mass is 178 g/mol. The lowest BCUT2D eigenvalue weighted by atomic mass is 10.2. The van der Waals surface area contributed by atoms with E-state index < -0.39 is 0 Å². The Morgan fingerprint density at radius 3 is 0.917 bits per heavy atom. The van der Waals surface area contributed by atoms with Crippen molar-refractivity contribution in [3.8, 4) is 0 Å². The first-order valence-electron chi connectivity index (χ1n) is 4.02. The second kappa shape index (κ2) is 5.51. The molecule has 0 saturated heterocycles. The van der Waals surface area contributed by atoms with Crippen LogP contribution < -0.4 is 0 Å². The van der Waals surface area contributed by atoms with Crippen LogP contribution in [0.4, 0.5) is 0 Å². The highest BCUT2D eigenvalue weighted by atomic mass is 17.2. The van der Waals surface area contributed by atoms with E-state index in [4.69, 9.17) is 14.9 Å². The molecule has 3 nitrogen and oxygen atoms in total. The fourth-order valence-corrected chi connectivity index (χ4v) is 0.250. The van der Waals surface area contributed by atoms with Crippen LogP contribution in [0.1, 0.15) is 41.5 Å². The molecule has 0 unspecified atom stereocenters. The molecule has 0 aliphatic rings. The van der Waals surface area contributed by atoms with E-state index in [1.165, 1.54) is 0 Å². The molecule has 0 aromatic heterocycles. The maximum absolute atomic E-state index is 7.00. The molecule has 0 rings (SSSR count). The van der Waals surface area contributed by atoms with E-state index in [9.17, 15) is 0 Å². The minimum atomic E-state index is -0.215.